The molecule has 4 atom stereocenters. The quantitative estimate of drug-likeness (QED) is 0.287. The number of nitrogens with one attached hydrogen (secondary N) is 2. The van der Waals surface area contributed by atoms with Gasteiger partial charge in [-0.1, -0.05) is 0 Å². The van der Waals surface area contributed by atoms with Crippen molar-refractivity contribution >= 4 is 23.8 Å². The first-order chi connectivity index (χ1) is 24.3. The van der Waals surface area contributed by atoms with Crippen molar-refractivity contribution in [1.29, 1.82) is 10.5 Å². The van der Waals surface area contributed by atoms with Crippen molar-refractivity contribution in [2.75, 3.05) is 39.4 Å². The number of amides is 2. The molecule has 2 saturated heterocycles. The van der Waals surface area contributed by atoms with Crippen LogP contribution >= 0.6 is 0 Å². The molecule has 2 aliphatic heterocycles. The average Bonchev–Trinajstić information content (AvgIpc) is 3.69. The molecule has 0 aromatic rings. The monoisotopic (exact) mass is 712 g/mol. The van der Waals surface area contributed by atoms with Crippen LogP contribution in [0.4, 0.5) is 8.78 Å². The van der Waals surface area contributed by atoms with Crippen molar-refractivity contribution in [1.82, 2.24) is 20.4 Å². The van der Waals surface area contributed by atoms with E-state index >= 15 is 0 Å². The second-order valence-electron chi connectivity index (χ2n) is 17.2. The predicted octanol–water partition coefficient (Wildman–Crippen LogP) is 3.14. The lowest BCUT2D eigenvalue weighted by Crippen LogP contribution is -2.60. The maximum atomic E-state index is 13.8. The molecule has 51 heavy (non-hydrogen) atoms. The van der Waals surface area contributed by atoms with Gasteiger partial charge in [0, 0.05) is 42.4 Å². The van der Waals surface area contributed by atoms with Crippen LogP contribution in [-0.2, 0) is 28.7 Å². The molecule has 4 bridgehead atoms. The van der Waals surface area contributed by atoms with E-state index in [4.69, 9.17) is 9.47 Å². The zero-order chi connectivity index (χ0) is 36.1. The van der Waals surface area contributed by atoms with Crippen molar-refractivity contribution in [2.24, 2.45) is 16.2 Å². The van der Waals surface area contributed by atoms with Crippen molar-refractivity contribution < 1.29 is 37.4 Å². The van der Waals surface area contributed by atoms with Gasteiger partial charge in [0.05, 0.1) is 36.1 Å². The van der Waals surface area contributed by atoms with Crippen LogP contribution < -0.4 is 10.6 Å². The molecule has 9 aliphatic rings. The van der Waals surface area contributed by atoms with Gasteiger partial charge in [0.2, 0.25) is 11.8 Å². The Morgan fingerprint density at radius 3 is 1.27 bits per heavy atom. The fraction of sp³-hybridized carbons (Fsp3) is 0.838. The van der Waals surface area contributed by atoms with Gasteiger partial charge < -0.3 is 20.1 Å². The Morgan fingerprint density at radius 1 is 0.608 bits per heavy atom. The molecule has 7 saturated carbocycles. The summed E-state index contributed by atoms with van der Waals surface area (Å²) >= 11 is 0. The molecule has 278 valence electrons. The first-order valence-electron chi connectivity index (χ1n) is 18.9. The molecule has 7 aliphatic carbocycles. The lowest BCUT2D eigenvalue weighted by molar-refractivity contribution is -0.170. The smallest absolute Gasteiger partial charge is 0.312 e. The molecule has 2 heterocycles. The van der Waals surface area contributed by atoms with Crippen LogP contribution in [0.5, 0.6) is 0 Å². The first-order valence-corrected chi connectivity index (χ1v) is 18.9. The van der Waals surface area contributed by atoms with Crippen molar-refractivity contribution in [2.45, 2.75) is 138 Å². The third-order valence-corrected chi connectivity index (χ3v) is 13.8. The average molecular weight is 713 g/mol. The van der Waals surface area contributed by atoms with Crippen molar-refractivity contribution in [3.63, 3.8) is 0 Å². The molecule has 0 aromatic carbocycles. The maximum absolute atomic E-state index is 13.8. The highest BCUT2D eigenvalue weighted by Gasteiger charge is 2.57. The third-order valence-electron chi connectivity index (χ3n) is 13.8. The van der Waals surface area contributed by atoms with Crippen LogP contribution in [0.1, 0.15) is 103 Å². The standard InChI is InChI=1S/C37H50F2N6O6/c38-25-15-27(17-40)44(19-25)21-29(46)42-36-9-3-34(4-10-36,5-11-36)31(48)50-23-33(1-2-33)24-51-32(49)35-6-12-37(13-7-35,14-8-35)43-30(47)22-45-20-26(39)16-28(45)18-41/h25-28H,1-16,19-24H2,(H,42,46)(H,43,47)/t25-,26-,27-,28-,34?,35?,36?,37?/m0/s1. The van der Waals surface area contributed by atoms with E-state index in [0.29, 0.717) is 77.0 Å². The first kappa shape index (κ1) is 36.0. The lowest BCUT2D eigenvalue weighted by atomic mass is 9.57. The Morgan fingerprint density at radius 2 is 0.961 bits per heavy atom. The highest BCUT2D eigenvalue weighted by atomic mass is 19.1. The number of fused-ring (bicyclic) bond motifs is 6. The number of esters is 2. The van der Waals surface area contributed by atoms with E-state index in [-0.39, 0.29) is 92.5 Å². The zero-order valence-corrected chi connectivity index (χ0v) is 29.4. The second kappa shape index (κ2) is 13.6. The Labute approximate surface area is 297 Å². The van der Waals surface area contributed by atoms with E-state index in [1.54, 1.807) is 9.80 Å². The van der Waals surface area contributed by atoms with Crippen LogP contribution in [-0.4, -0.2) is 108 Å². The normalized spacial score (nSPS) is 39.5. The molecular weight excluding hydrogens is 662 g/mol. The zero-order valence-electron chi connectivity index (χ0n) is 29.4. The van der Waals surface area contributed by atoms with Crippen LogP contribution in [0.2, 0.25) is 0 Å². The highest BCUT2D eigenvalue weighted by molar-refractivity contribution is 5.81. The predicted molar refractivity (Wildman–Crippen MR) is 177 cm³/mol. The Hall–Kier alpha value is -3.36. The summed E-state index contributed by atoms with van der Waals surface area (Å²) in [6.45, 7) is 0.594. The summed E-state index contributed by atoms with van der Waals surface area (Å²) in [5, 5.41) is 24.9. The van der Waals surface area contributed by atoms with Gasteiger partial charge in [-0.15, -0.1) is 0 Å². The van der Waals surface area contributed by atoms with Crippen molar-refractivity contribution in [3.8, 4) is 12.1 Å². The van der Waals surface area contributed by atoms with Gasteiger partial charge in [-0.3, -0.25) is 29.0 Å². The molecular formula is C37H50F2N6O6. The van der Waals surface area contributed by atoms with E-state index in [1.807, 2.05) is 0 Å². The lowest BCUT2D eigenvalue weighted by Gasteiger charge is -2.52. The van der Waals surface area contributed by atoms with Crippen LogP contribution in [0.15, 0.2) is 0 Å². The number of hydrogen-bond donors (Lipinski definition) is 2. The number of alkyl halides is 2. The Balaban J connectivity index is 0.831. The van der Waals surface area contributed by atoms with E-state index in [1.165, 1.54) is 0 Å². The van der Waals surface area contributed by atoms with Gasteiger partial charge >= 0.3 is 11.9 Å². The summed E-state index contributed by atoms with van der Waals surface area (Å²) in [6, 6.07) is 3.00. The summed E-state index contributed by atoms with van der Waals surface area (Å²) in [5.41, 5.74) is -2.28. The fourth-order valence-corrected chi connectivity index (χ4v) is 9.96. The van der Waals surface area contributed by atoms with E-state index < -0.39 is 35.3 Å². The minimum Gasteiger partial charge on any atom is -0.465 e. The minimum atomic E-state index is -1.10. The number of halogens is 2. The largest absolute Gasteiger partial charge is 0.465 e. The topological polar surface area (TPSA) is 165 Å². The molecule has 0 spiro atoms. The number of hydrogen-bond acceptors (Lipinski definition) is 10. The molecule has 14 heteroatoms. The van der Waals surface area contributed by atoms with E-state index in [2.05, 4.69) is 22.8 Å². The molecule has 0 aromatic heterocycles. The van der Waals surface area contributed by atoms with Gasteiger partial charge in [-0.2, -0.15) is 10.5 Å². The van der Waals surface area contributed by atoms with Gasteiger partial charge in [0.15, 0.2) is 0 Å². The number of ether oxygens (including phenoxy) is 2. The summed E-state index contributed by atoms with van der Waals surface area (Å²) in [6.07, 6.45) is 7.39. The Bertz CT molecular complexity index is 1350. The van der Waals surface area contributed by atoms with Crippen LogP contribution in [0, 0.1) is 38.9 Å². The summed E-state index contributed by atoms with van der Waals surface area (Å²) in [4.78, 5) is 56.0. The fourth-order valence-electron chi connectivity index (χ4n) is 9.96. The molecule has 9 fully saturated rings. The van der Waals surface area contributed by atoms with Crippen LogP contribution in [0.25, 0.3) is 0 Å². The number of carbonyl (C=O) groups excluding carboxylic acids is 4. The van der Waals surface area contributed by atoms with Gasteiger partial charge in [-0.25, -0.2) is 8.78 Å². The Kier molecular flexibility index (Phi) is 9.58. The number of nitrogens with zero attached hydrogens (tertiary/aromatic N) is 4. The molecule has 0 radical (unpaired) electrons. The number of likely N-dealkylation sites (tertiary alicyclic amines) is 2. The molecule has 0 unspecified atom stereocenters. The number of rotatable bonds is 12. The summed E-state index contributed by atoms with van der Waals surface area (Å²) < 4.78 is 39.5. The van der Waals surface area contributed by atoms with E-state index in [0.717, 1.165) is 12.8 Å². The van der Waals surface area contributed by atoms with Gasteiger partial charge in [0.25, 0.3) is 0 Å². The van der Waals surface area contributed by atoms with Gasteiger partial charge in [-0.05, 0) is 89.9 Å². The maximum Gasteiger partial charge on any atom is 0.312 e. The van der Waals surface area contributed by atoms with Crippen molar-refractivity contribution in [3.05, 3.63) is 0 Å². The second-order valence-corrected chi connectivity index (χ2v) is 17.2. The SMILES string of the molecule is N#C[C@@H]1C[C@H](F)CN1CC(=O)NC12CCC(C(=O)OCC3(COC(=O)C45CCC(NC(=O)CN6C[C@@H](F)C[C@H]6C#N)(CC4)CC5)CC3)(CC1)CC2. The van der Waals surface area contributed by atoms with Gasteiger partial charge in [0.1, 0.15) is 37.6 Å². The van der Waals surface area contributed by atoms with Crippen LogP contribution in [0.3, 0.4) is 0 Å². The molecule has 2 amide bonds. The summed E-state index contributed by atoms with van der Waals surface area (Å²) in [5.74, 6) is -0.839. The minimum absolute atomic E-state index is 0.00553. The summed E-state index contributed by atoms with van der Waals surface area (Å²) in [7, 11) is 0. The molecule has 12 nitrogen and oxygen atoms in total. The molecule has 2 N–H and O–H groups in total. The highest BCUT2D eigenvalue weighted by Crippen LogP contribution is 2.55. The van der Waals surface area contributed by atoms with E-state index in [9.17, 15) is 38.5 Å². The number of carbonyl (C=O) groups is 4. The molecule has 9 rings (SSSR count). The third kappa shape index (κ3) is 7.20. The number of nitriles is 2.